The number of hydrogen-bond donors (Lipinski definition) is 0. The Labute approximate surface area is 111 Å². The molecular formula is C13H18BrNO2. The Bertz CT molecular complexity index is 384. The molecule has 0 radical (unpaired) electrons. The van der Waals surface area contributed by atoms with Crippen LogP contribution in [0, 0.1) is 6.92 Å². The van der Waals surface area contributed by atoms with Crippen LogP contribution in [0.1, 0.15) is 5.56 Å². The predicted octanol–water partition coefficient (Wildman–Crippen LogP) is 2.47. The topological polar surface area (TPSA) is 21.7 Å². The van der Waals surface area contributed by atoms with Gasteiger partial charge in [0.15, 0.2) is 0 Å². The smallest absolute Gasteiger partial charge is 0.133 e. The Morgan fingerprint density at radius 3 is 3.06 bits per heavy atom. The van der Waals surface area contributed by atoms with Crippen LogP contribution in [0.3, 0.4) is 0 Å². The molecule has 1 unspecified atom stereocenters. The number of aryl methyl sites for hydroxylation is 1. The molecule has 4 heteroatoms. The van der Waals surface area contributed by atoms with Gasteiger partial charge >= 0.3 is 0 Å². The van der Waals surface area contributed by atoms with Gasteiger partial charge < -0.3 is 14.4 Å². The van der Waals surface area contributed by atoms with Crippen molar-refractivity contribution >= 4 is 15.9 Å². The minimum atomic E-state index is 0.168. The predicted molar refractivity (Wildman–Crippen MR) is 71.6 cm³/mol. The van der Waals surface area contributed by atoms with Gasteiger partial charge in [-0.1, -0.05) is 6.07 Å². The number of rotatable bonds is 3. The maximum Gasteiger partial charge on any atom is 0.133 e. The fourth-order valence-electron chi connectivity index (χ4n) is 1.87. The first-order valence-corrected chi connectivity index (χ1v) is 6.63. The quantitative estimate of drug-likeness (QED) is 0.856. The zero-order valence-corrected chi connectivity index (χ0v) is 11.9. The van der Waals surface area contributed by atoms with Crippen molar-refractivity contribution in [3.05, 3.63) is 28.2 Å². The van der Waals surface area contributed by atoms with Crippen LogP contribution in [0.15, 0.2) is 22.7 Å². The van der Waals surface area contributed by atoms with Gasteiger partial charge in [0.25, 0.3) is 0 Å². The lowest BCUT2D eigenvalue weighted by atomic mass is 10.2. The lowest BCUT2D eigenvalue weighted by molar-refractivity contribution is -0.0404. The van der Waals surface area contributed by atoms with Crippen molar-refractivity contribution in [2.75, 3.05) is 33.4 Å². The third-order valence-electron chi connectivity index (χ3n) is 2.85. The molecule has 17 heavy (non-hydrogen) atoms. The number of benzene rings is 1. The first-order valence-electron chi connectivity index (χ1n) is 5.84. The summed E-state index contributed by atoms with van der Waals surface area (Å²) in [6.07, 6.45) is 0.168. The average molecular weight is 300 g/mol. The highest BCUT2D eigenvalue weighted by atomic mass is 79.9. The highest BCUT2D eigenvalue weighted by molar-refractivity contribution is 9.10. The minimum absolute atomic E-state index is 0.168. The molecule has 1 aromatic carbocycles. The number of morpholine rings is 1. The standard InChI is InChI=1S/C13H18BrNO2/c1-10-3-4-13(12(14)7-10)17-9-11-8-15(2)5-6-16-11/h3-4,7,11H,5-6,8-9H2,1-2H3. The van der Waals surface area contributed by atoms with Gasteiger partial charge in [0.05, 0.1) is 11.1 Å². The Kier molecular flexibility index (Phi) is 4.42. The van der Waals surface area contributed by atoms with E-state index in [1.807, 2.05) is 12.1 Å². The van der Waals surface area contributed by atoms with E-state index >= 15 is 0 Å². The van der Waals surface area contributed by atoms with E-state index in [-0.39, 0.29) is 6.10 Å². The van der Waals surface area contributed by atoms with Gasteiger partial charge in [0, 0.05) is 13.1 Å². The second-order valence-electron chi connectivity index (χ2n) is 4.50. The summed E-state index contributed by atoms with van der Waals surface area (Å²) in [5, 5.41) is 0. The third kappa shape index (κ3) is 3.69. The van der Waals surface area contributed by atoms with Crippen molar-refractivity contribution < 1.29 is 9.47 Å². The van der Waals surface area contributed by atoms with Crippen molar-refractivity contribution in [1.29, 1.82) is 0 Å². The largest absolute Gasteiger partial charge is 0.490 e. The van der Waals surface area contributed by atoms with Crippen LogP contribution in [-0.4, -0.2) is 44.4 Å². The molecule has 0 amide bonds. The van der Waals surface area contributed by atoms with Gasteiger partial charge in [-0.2, -0.15) is 0 Å². The first-order chi connectivity index (χ1) is 8.15. The van der Waals surface area contributed by atoms with Crippen molar-refractivity contribution in [2.24, 2.45) is 0 Å². The number of ether oxygens (including phenoxy) is 2. The Balaban J connectivity index is 1.88. The van der Waals surface area contributed by atoms with E-state index in [4.69, 9.17) is 9.47 Å². The Morgan fingerprint density at radius 1 is 1.53 bits per heavy atom. The van der Waals surface area contributed by atoms with Gasteiger partial charge in [-0.25, -0.2) is 0 Å². The summed E-state index contributed by atoms with van der Waals surface area (Å²) >= 11 is 3.51. The monoisotopic (exact) mass is 299 g/mol. The molecule has 3 nitrogen and oxygen atoms in total. The average Bonchev–Trinajstić information content (AvgIpc) is 2.28. The van der Waals surface area contributed by atoms with Gasteiger partial charge in [0.2, 0.25) is 0 Å². The maximum atomic E-state index is 5.78. The Morgan fingerprint density at radius 2 is 2.35 bits per heavy atom. The van der Waals surface area contributed by atoms with E-state index in [0.29, 0.717) is 6.61 Å². The molecule has 0 aliphatic carbocycles. The van der Waals surface area contributed by atoms with E-state index in [1.54, 1.807) is 0 Å². The van der Waals surface area contributed by atoms with Gasteiger partial charge in [-0.15, -0.1) is 0 Å². The van der Waals surface area contributed by atoms with E-state index in [0.717, 1.165) is 29.9 Å². The van der Waals surface area contributed by atoms with E-state index in [9.17, 15) is 0 Å². The van der Waals surface area contributed by atoms with Crippen LogP contribution in [-0.2, 0) is 4.74 Å². The van der Waals surface area contributed by atoms with Crippen molar-refractivity contribution in [2.45, 2.75) is 13.0 Å². The molecule has 0 spiro atoms. The molecule has 0 aromatic heterocycles. The number of halogens is 1. The summed E-state index contributed by atoms with van der Waals surface area (Å²) in [6.45, 7) is 5.40. The number of likely N-dealkylation sites (N-methyl/N-ethyl adjacent to an activating group) is 1. The highest BCUT2D eigenvalue weighted by Crippen LogP contribution is 2.26. The van der Waals surface area contributed by atoms with Crippen molar-refractivity contribution in [3.8, 4) is 5.75 Å². The van der Waals surface area contributed by atoms with Crippen molar-refractivity contribution in [1.82, 2.24) is 4.90 Å². The molecule has 1 atom stereocenters. The molecule has 1 aromatic rings. The molecule has 1 aliphatic rings. The SMILES string of the molecule is Cc1ccc(OCC2CN(C)CCO2)c(Br)c1. The molecule has 0 N–H and O–H groups in total. The maximum absolute atomic E-state index is 5.78. The molecule has 1 fully saturated rings. The van der Waals surface area contributed by atoms with Crippen LogP contribution in [0.5, 0.6) is 5.75 Å². The number of nitrogens with zero attached hydrogens (tertiary/aromatic N) is 1. The van der Waals surface area contributed by atoms with E-state index in [2.05, 4.69) is 40.9 Å². The zero-order valence-electron chi connectivity index (χ0n) is 10.3. The summed E-state index contributed by atoms with van der Waals surface area (Å²) in [7, 11) is 2.11. The van der Waals surface area contributed by atoms with Crippen LogP contribution < -0.4 is 4.74 Å². The summed E-state index contributed by atoms with van der Waals surface area (Å²) in [5.74, 6) is 0.882. The van der Waals surface area contributed by atoms with Crippen LogP contribution in [0.25, 0.3) is 0 Å². The highest BCUT2D eigenvalue weighted by Gasteiger charge is 2.18. The lowest BCUT2D eigenvalue weighted by Crippen LogP contribution is -2.42. The van der Waals surface area contributed by atoms with Crippen LogP contribution in [0.4, 0.5) is 0 Å². The lowest BCUT2D eigenvalue weighted by Gasteiger charge is -2.29. The number of hydrogen-bond acceptors (Lipinski definition) is 3. The zero-order chi connectivity index (χ0) is 12.3. The van der Waals surface area contributed by atoms with Gasteiger partial charge in [-0.05, 0) is 47.6 Å². The van der Waals surface area contributed by atoms with Crippen molar-refractivity contribution in [3.63, 3.8) is 0 Å². The van der Waals surface area contributed by atoms with E-state index in [1.165, 1.54) is 5.56 Å². The van der Waals surface area contributed by atoms with E-state index < -0.39 is 0 Å². The molecule has 94 valence electrons. The minimum Gasteiger partial charge on any atom is -0.490 e. The van der Waals surface area contributed by atoms with Gasteiger partial charge in [-0.3, -0.25) is 0 Å². The summed E-state index contributed by atoms with van der Waals surface area (Å²) in [6, 6.07) is 6.10. The second-order valence-corrected chi connectivity index (χ2v) is 5.35. The molecule has 1 saturated heterocycles. The Hall–Kier alpha value is -0.580. The first kappa shape index (κ1) is 12.9. The molecule has 0 bridgehead atoms. The summed E-state index contributed by atoms with van der Waals surface area (Å²) < 4.78 is 12.4. The van der Waals surface area contributed by atoms with Crippen LogP contribution in [0.2, 0.25) is 0 Å². The summed E-state index contributed by atoms with van der Waals surface area (Å²) in [4.78, 5) is 2.27. The summed E-state index contributed by atoms with van der Waals surface area (Å²) in [5.41, 5.74) is 1.22. The second kappa shape index (κ2) is 5.85. The molecule has 1 aliphatic heterocycles. The third-order valence-corrected chi connectivity index (χ3v) is 3.47. The molecule has 2 rings (SSSR count). The molecular weight excluding hydrogens is 282 g/mol. The van der Waals surface area contributed by atoms with Gasteiger partial charge in [0.1, 0.15) is 18.5 Å². The normalized spacial score (nSPS) is 21.5. The van der Waals surface area contributed by atoms with Crippen LogP contribution >= 0.6 is 15.9 Å². The fourth-order valence-corrected chi connectivity index (χ4v) is 2.48. The fraction of sp³-hybridized carbons (Fsp3) is 0.538. The molecule has 0 saturated carbocycles. The molecule has 1 heterocycles.